The first-order valence-electron chi connectivity index (χ1n) is 6.55. The van der Waals surface area contributed by atoms with Gasteiger partial charge >= 0.3 is 5.97 Å². The van der Waals surface area contributed by atoms with Gasteiger partial charge in [-0.1, -0.05) is 12.1 Å². The van der Waals surface area contributed by atoms with Gasteiger partial charge in [0, 0.05) is 18.9 Å². The van der Waals surface area contributed by atoms with Crippen molar-refractivity contribution in [2.45, 2.75) is 13.0 Å². The van der Waals surface area contributed by atoms with E-state index in [2.05, 4.69) is 4.98 Å². The second kappa shape index (κ2) is 6.85. The number of rotatable bonds is 6. The molecule has 21 heavy (non-hydrogen) atoms. The van der Waals surface area contributed by atoms with Crippen LogP contribution in [-0.2, 0) is 4.74 Å². The minimum Gasteiger partial charge on any atom is -0.488 e. The molecule has 1 heterocycles. The van der Waals surface area contributed by atoms with Crippen LogP contribution in [0.15, 0.2) is 42.6 Å². The molecule has 0 bridgehead atoms. The zero-order chi connectivity index (χ0) is 15.2. The molecule has 2 rings (SSSR count). The van der Waals surface area contributed by atoms with Gasteiger partial charge in [-0.3, -0.25) is 4.98 Å². The van der Waals surface area contributed by atoms with Crippen LogP contribution < -0.4 is 4.74 Å². The lowest BCUT2D eigenvalue weighted by molar-refractivity contribution is 0.0697. The van der Waals surface area contributed by atoms with Gasteiger partial charge in [-0.05, 0) is 31.2 Å². The Bertz CT molecular complexity index is 627. The highest BCUT2D eigenvalue weighted by atomic mass is 16.5. The Morgan fingerprint density at radius 2 is 2.14 bits per heavy atom. The van der Waals surface area contributed by atoms with Crippen molar-refractivity contribution in [2.24, 2.45) is 0 Å². The highest BCUT2D eigenvalue weighted by Crippen LogP contribution is 2.23. The Morgan fingerprint density at radius 3 is 2.86 bits per heavy atom. The number of carbonyl (C=O) groups is 1. The first-order chi connectivity index (χ1) is 10.1. The van der Waals surface area contributed by atoms with E-state index in [1.165, 1.54) is 12.3 Å². The van der Waals surface area contributed by atoms with Crippen LogP contribution in [0.4, 0.5) is 0 Å². The van der Waals surface area contributed by atoms with E-state index in [0.29, 0.717) is 18.1 Å². The summed E-state index contributed by atoms with van der Waals surface area (Å²) in [6.45, 7) is 2.41. The molecule has 0 aliphatic carbocycles. The van der Waals surface area contributed by atoms with E-state index in [9.17, 15) is 4.79 Å². The standard InChI is InChI=1S/C16H17NO4/c1-11(10-20-2)21-14-5-3-4-12(8-14)15-9-13(16(18)19)6-7-17-15/h3-9,11H,10H2,1-2H3,(H,18,19). The molecule has 0 aliphatic rings. The van der Waals surface area contributed by atoms with Crippen molar-refractivity contribution in [3.63, 3.8) is 0 Å². The van der Waals surface area contributed by atoms with Gasteiger partial charge in [0.05, 0.1) is 17.9 Å². The van der Waals surface area contributed by atoms with Crippen molar-refractivity contribution in [2.75, 3.05) is 13.7 Å². The molecule has 0 aliphatic heterocycles. The maximum atomic E-state index is 11.0. The molecule has 2 aromatic rings. The molecule has 1 unspecified atom stereocenters. The van der Waals surface area contributed by atoms with Crippen LogP contribution in [0, 0.1) is 0 Å². The molecule has 1 atom stereocenters. The van der Waals surface area contributed by atoms with Gasteiger partial charge in [0.2, 0.25) is 0 Å². The molecule has 0 saturated heterocycles. The molecule has 0 spiro atoms. The Hall–Kier alpha value is -2.40. The average Bonchev–Trinajstić information content (AvgIpc) is 2.48. The van der Waals surface area contributed by atoms with Crippen molar-refractivity contribution < 1.29 is 19.4 Å². The monoisotopic (exact) mass is 287 g/mol. The quantitative estimate of drug-likeness (QED) is 0.884. The number of benzene rings is 1. The smallest absolute Gasteiger partial charge is 0.335 e. The molecule has 1 aromatic carbocycles. The number of carboxylic acid groups (broad SMARTS) is 1. The lowest BCUT2D eigenvalue weighted by Gasteiger charge is -2.14. The molecular weight excluding hydrogens is 270 g/mol. The summed E-state index contributed by atoms with van der Waals surface area (Å²) >= 11 is 0. The molecule has 0 fully saturated rings. The molecular formula is C16H17NO4. The SMILES string of the molecule is COCC(C)Oc1cccc(-c2cc(C(=O)O)ccn2)c1. The molecule has 5 heteroatoms. The summed E-state index contributed by atoms with van der Waals surface area (Å²) in [6, 6.07) is 10.4. The fraction of sp³-hybridized carbons (Fsp3) is 0.250. The number of hydrogen-bond donors (Lipinski definition) is 1. The molecule has 110 valence electrons. The van der Waals surface area contributed by atoms with Gasteiger partial charge in [-0.25, -0.2) is 4.79 Å². The Labute approximate surface area is 123 Å². The maximum Gasteiger partial charge on any atom is 0.335 e. The van der Waals surface area contributed by atoms with Crippen molar-refractivity contribution in [1.29, 1.82) is 0 Å². The molecule has 0 saturated carbocycles. The zero-order valence-electron chi connectivity index (χ0n) is 11.9. The Morgan fingerprint density at radius 1 is 1.33 bits per heavy atom. The van der Waals surface area contributed by atoms with E-state index < -0.39 is 5.97 Å². The van der Waals surface area contributed by atoms with E-state index in [0.717, 1.165) is 5.56 Å². The van der Waals surface area contributed by atoms with Gasteiger partial charge in [-0.15, -0.1) is 0 Å². The second-order valence-electron chi connectivity index (χ2n) is 4.65. The summed E-state index contributed by atoms with van der Waals surface area (Å²) in [5.41, 5.74) is 1.61. The van der Waals surface area contributed by atoms with Crippen LogP contribution >= 0.6 is 0 Å². The average molecular weight is 287 g/mol. The minimum atomic E-state index is -0.972. The lowest BCUT2D eigenvalue weighted by atomic mass is 10.1. The van der Waals surface area contributed by atoms with E-state index >= 15 is 0 Å². The normalized spacial score (nSPS) is 11.9. The molecule has 1 aromatic heterocycles. The van der Waals surface area contributed by atoms with Gasteiger partial charge in [0.25, 0.3) is 0 Å². The van der Waals surface area contributed by atoms with E-state index in [1.807, 2.05) is 31.2 Å². The molecule has 1 N–H and O–H groups in total. The molecule has 0 amide bonds. The number of pyridine rings is 1. The van der Waals surface area contributed by atoms with Crippen LogP contribution in [0.5, 0.6) is 5.75 Å². The summed E-state index contributed by atoms with van der Waals surface area (Å²) in [6.07, 6.45) is 1.42. The second-order valence-corrected chi connectivity index (χ2v) is 4.65. The number of carboxylic acids is 1. The van der Waals surface area contributed by atoms with Crippen LogP contribution in [0.2, 0.25) is 0 Å². The Kier molecular flexibility index (Phi) is 4.90. The lowest BCUT2D eigenvalue weighted by Crippen LogP contribution is -2.17. The number of methoxy groups -OCH3 is 1. The summed E-state index contributed by atoms with van der Waals surface area (Å²) in [5, 5.41) is 9.02. The molecule has 5 nitrogen and oxygen atoms in total. The minimum absolute atomic E-state index is 0.0661. The van der Waals surface area contributed by atoms with Crippen molar-refractivity contribution >= 4 is 5.97 Å². The van der Waals surface area contributed by atoms with E-state index in [4.69, 9.17) is 14.6 Å². The van der Waals surface area contributed by atoms with Crippen LogP contribution in [0.1, 0.15) is 17.3 Å². The number of aromatic carboxylic acids is 1. The van der Waals surface area contributed by atoms with Crippen molar-refractivity contribution in [1.82, 2.24) is 4.98 Å². The number of hydrogen-bond acceptors (Lipinski definition) is 4. The summed E-state index contributed by atoms with van der Waals surface area (Å²) in [7, 11) is 1.62. The number of ether oxygens (including phenoxy) is 2. The van der Waals surface area contributed by atoms with E-state index in [-0.39, 0.29) is 11.7 Å². The maximum absolute atomic E-state index is 11.0. The largest absolute Gasteiger partial charge is 0.488 e. The summed E-state index contributed by atoms with van der Waals surface area (Å²) in [4.78, 5) is 15.2. The highest BCUT2D eigenvalue weighted by Gasteiger charge is 2.08. The third-order valence-corrected chi connectivity index (χ3v) is 2.88. The third kappa shape index (κ3) is 4.03. The Balaban J connectivity index is 2.24. The first-order valence-corrected chi connectivity index (χ1v) is 6.55. The fourth-order valence-corrected chi connectivity index (χ4v) is 1.95. The highest BCUT2D eigenvalue weighted by molar-refractivity contribution is 5.88. The van der Waals surface area contributed by atoms with Crippen LogP contribution in [-0.4, -0.2) is 35.9 Å². The summed E-state index contributed by atoms with van der Waals surface area (Å²) in [5.74, 6) is -0.278. The predicted molar refractivity (Wildman–Crippen MR) is 78.6 cm³/mol. The number of aromatic nitrogens is 1. The predicted octanol–water partition coefficient (Wildman–Crippen LogP) is 2.86. The molecule has 0 radical (unpaired) electrons. The van der Waals surface area contributed by atoms with Crippen molar-refractivity contribution in [3.8, 4) is 17.0 Å². The van der Waals surface area contributed by atoms with E-state index in [1.54, 1.807) is 13.2 Å². The number of nitrogens with zero attached hydrogens (tertiary/aromatic N) is 1. The van der Waals surface area contributed by atoms with Crippen LogP contribution in [0.25, 0.3) is 11.3 Å². The third-order valence-electron chi connectivity index (χ3n) is 2.88. The zero-order valence-corrected chi connectivity index (χ0v) is 11.9. The van der Waals surface area contributed by atoms with Gasteiger partial charge in [0.1, 0.15) is 11.9 Å². The topological polar surface area (TPSA) is 68.7 Å². The van der Waals surface area contributed by atoms with Gasteiger partial charge < -0.3 is 14.6 Å². The van der Waals surface area contributed by atoms with Gasteiger partial charge in [-0.2, -0.15) is 0 Å². The summed E-state index contributed by atoms with van der Waals surface area (Å²) < 4.78 is 10.8. The first kappa shape index (κ1) is 15.0. The fourth-order valence-electron chi connectivity index (χ4n) is 1.95. The van der Waals surface area contributed by atoms with Crippen LogP contribution in [0.3, 0.4) is 0 Å². The van der Waals surface area contributed by atoms with Crippen molar-refractivity contribution in [3.05, 3.63) is 48.2 Å². The van der Waals surface area contributed by atoms with Gasteiger partial charge in [0.15, 0.2) is 0 Å².